The predicted octanol–water partition coefficient (Wildman–Crippen LogP) is 1.44. The molecule has 0 atom stereocenters. The minimum absolute atomic E-state index is 0.0900. The van der Waals surface area contributed by atoms with Crippen molar-refractivity contribution in [2.45, 2.75) is 13.3 Å². The van der Waals surface area contributed by atoms with Crippen LogP contribution in [0.25, 0.3) is 0 Å². The van der Waals surface area contributed by atoms with Gasteiger partial charge in [-0.15, -0.1) is 0 Å². The molecule has 0 saturated carbocycles. The molecule has 2 aromatic rings. The number of nitrogens with zero attached hydrogens (tertiary/aromatic N) is 4. The van der Waals surface area contributed by atoms with Crippen molar-refractivity contribution in [1.29, 1.82) is 0 Å². The lowest BCUT2D eigenvalue weighted by molar-refractivity contribution is -0.141. The molecule has 2 aliphatic heterocycles. The second-order valence-electron chi connectivity index (χ2n) is 7.63. The van der Waals surface area contributed by atoms with Crippen LogP contribution in [0, 0.1) is 12.8 Å². The summed E-state index contributed by atoms with van der Waals surface area (Å²) in [5, 5.41) is 3.76. The number of aromatic nitrogens is 1. The van der Waals surface area contributed by atoms with Gasteiger partial charge in [0.05, 0.1) is 5.92 Å². The first kappa shape index (κ1) is 18.7. The molecule has 2 amide bonds. The zero-order valence-electron chi connectivity index (χ0n) is 16.2. The predicted molar refractivity (Wildman–Crippen MR) is 104 cm³/mol. The van der Waals surface area contributed by atoms with Crippen molar-refractivity contribution in [2.75, 3.05) is 45.8 Å². The van der Waals surface area contributed by atoms with Crippen molar-refractivity contribution < 1.29 is 14.1 Å². The molecule has 7 heteroatoms. The number of aryl methyl sites for hydroxylation is 1. The number of hydrogen-bond donors (Lipinski definition) is 0. The third kappa shape index (κ3) is 4.09. The third-order valence-electron chi connectivity index (χ3n) is 5.61. The molecule has 1 aromatic heterocycles. The van der Waals surface area contributed by atoms with E-state index in [2.05, 4.69) is 34.3 Å². The molecule has 3 heterocycles. The molecule has 0 aliphatic carbocycles. The van der Waals surface area contributed by atoms with Crippen LogP contribution in [-0.4, -0.2) is 77.5 Å². The molecule has 0 unspecified atom stereocenters. The average Bonchev–Trinajstić information content (AvgIpc) is 3.12. The van der Waals surface area contributed by atoms with E-state index in [1.807, 2.05) is 11.0 Å². The quantitative estimate of drug-likeness (QED) is 0.783. The highest BCUT2D eigenvalue weighted by atomic mass is 16.5. The molecule has 2 saturated heterocycles. The third-order valence-corrected chi connectivity index (χ3v) is 5.61. The zero-order valence-corrected chi connectivity index (χ0v) is 16.2. The first-order valence-electron chi connectivity index (χ1n) is 9.88. The van der Waals surface area contributed by atoms with E-state index < -0.39 is 0 Å². The molecular weight excluding hydrogens is 356 g/mol. The van der Waals surface area contributed by atoms with E-state index >= 15 is 0 Å². The van der Waals surface area contributed by atoms with Crippen LogP contribution >= 0.6 is 0 Å². The van der Waals surface area contributed by atoms with Crippen LogP contribution in [0.5, 0.6) is 0 Å². The molecule has 0 radical (unpaired) electrons. The van der Waals surface area contributed by atoms with Crippen LogP contribution in [0.1, 0.15) is 21.8 Å². The second kappa shape index (κ2) is 8.14. The Balaban J connectivity index is 1.19. The van der Waals surface area contributed by atoms with Gasteiger partial charge in [-0.05, 0) is 18.9 Å². The average molecular weight is 382 g/mol. The van der Waals surface area contributed by atoms with E-state index in [4.69, 9.17) is 4.52 Å². The summed E-state index contributed by atoms with van der Waals surface area (Å²) in [4.78, 5) is 31.0. The molecule has 0 bridgehead atoms. The standard InChI is InChI=1S/C21H26N4O3/c1-16-13-19(22-28-16)21(27)25-14-18(15-25)20(26)24-11-9-23(10-12-24)8-7-17-5-3-2-4-6-17/h2-6,13,18H,7-12,14-15H2,1H3. The summed E-state index contributed by atoms with van der Waals surface area (Å²) in [6.07, 6.45) is 1.04. The van der Waals surface area contributed by atoms with Crippen molar-refractivity contribution >= 4 is 11.8 Å². The van der Waals surface area contributed by atoms with E-state index in [1.165, 1.54) is 5.56 Å². The van der Waals surface area contributed by atoms with Crippen LogP contribution in [0.15, 0.2) is 40.9 Å². The van der Waals surface area contributed by atoms with Gasteiger partial charge in [-0.1, -0.05) is 35.5 Å². The van der Waals surface area contributed by atoms with Crippen LogP contribution in [-0.2, 0) is 11.2 Å². The number of rotatable bonds is 5. The van der Waals surface area contributed by atoms with Gasteiger partial charge >= 0.3 is 0 Å². The zero-order chi connectivity index (χ0) is 19.5. The van der Waals surface area contributed by atoms with Crippen molar-refractivity contribution in [3.05, 3.63) is 53.4 Å². The topological polar surface area (TPSA) is 69.9 Å². The fraction of sp³-hybridized carbons (Fsp3) is 0.476. The first-order valence-corrected chi connectivity index (χ1v) is 9.88. The molecule has 28 heavy (non-hydrogen) atoms. The van der Waals surface area contributed by atoms with E-state index in [0.717, 1.165) is 39.1 Å². The highest BCUT2D eigenvalue weighted by Crippen LogP contribution is 2.21. The molecule has 0 spiro atoms. The SMILES string of the molecule is Cc1cc(C(=O)N2CC(C(=O)N3CCN(CCc4ccccc4)CC3)C2)no1. The Labute approximate surface area is 164 Å². The van der Waals surface area contributed by atoms with Crippen LogP contribution in [0.2, 0.25) is 0 Å². The number of hydrogen-bond acceptors (Lipinski definition) is 5. The molecular formula is C21H26N4O3. The van der Waals surface area contributed by atoms with Gasteiger partial charge in [0.1, 0.15) is 5.76 Å². The van der Waals surface area contributed by atoms with Crippen molar-refractivity contribution in [3.8, 4) is 0 Å². The highest BCUT2D eigenvalue weighted by Gasteiger charge is 2.39. The lowest BCUT2D eigenvalue weighted by atomic mass is 9.97. The number of benzene rings is 1. The van der Waals surface area contributed by atoms with Crippen molar-refractivity contribution in [1.82, 2.24) is 19.9 Å². The van der Waals surface area contributed by atoms with Gasteiger partial charge in [0.25, 0.3) is 5.91 Å². The molecule has 148 valence electrons. The van der Waals surface area contributed by atoms with Crippen LogP contribution in [0.3, 0.4) is 0 Å². The van der Waals surface area contributed by atoms with E-state index in [1.54, 1.807) is 17.9 Å². The number of carbonyl (C=O) groups is 2. The Hall–Kier alpha value is -2.67. The highest BCUT2D eigenvalue weighted by molar-refractivity contribution is 5.94. The fourth-order valence-corrected chi connectivity index (χ4v) is 3.81. The maximum Gasteiger partial charge on any atom is 0.276 e. The lowest BCUT2D eigenvalue weighted by Gasteiger charge is -2.42. The number of carbonyl (C=O) groups excluding carboxylic acids is 2. The van der Waals surface area contributed by atoms with Gasteiger partial charge in [0.15, 0.2) is 5.69 Å². The second-order valence-corrected chi connectivity index (χ2v) is 7.63. The number of amides is 2. The first-order chi connectivity index (χ1) is 13.6. The Morgan fingerprint density at radius 1 is 1.07 bits per heavy atom. The minimum Gasteiger partial charge on any atom is -0.361 e. The van der Waals surface area contributed by atoms with Gasteiger partial charge in [-0.25, -0.2) is 0 Å². The van der Waals surface area contributed by atoms with Crippen molar-refractivity contribution in [2.24, 2.45) is 5.92 Å². The summed E-state index contributed by atoms with van der Waals surface area (Å²) in [6.45, 7) is 7.07. The summed E-state index contributed by atoms with van der Waals surface area (Å²) in [5.41, 5.74) is 1.66. The number of likely N-dealkylation sites (tertiary alicyclic amines) is 1. The summed E-state index contributed by atoms with van der Waals surface area (Å²) >= 11 is 0. The molecule has 4 rings (SSSR count). The smallest absolute Gasteiger partial charge is 0.276 e. The Morgan fingerprint density at radius 2 is 1.79 bits per heavy atom. The molecule has 0 N–H and O–H groups in total. The maximum absolute atomic E-state index is 12.7. The Bertz CT molecular complexity index is 821. The minimum atomic E-state index is -0.161. The largest absolute Gasteiger partial charge is 0.361 e. The number of piperazine rings is 1. The van der Waals surface area contributed by atoms with Gasteiger partial charge < -0.3 is 14.3 Å². The summed E-state index contributed by atoms with van der Waals surface area (Å²) in [5.74, 6) is 0.532. The molecule has 2 aliphatic rings. The van der Waals surface area contributed by atoms with Gasteiger partial charge in [0, 0.05) is 51.9 Å². The Kier molecular flexibility index (Phi) is 5.43. The van der Waals surface area contributed by atoms with Gasteiger partial charge in [0.2, 0.25) is 5.91 Å². The molecule has 1 aromatic carbocycles. The van der Waals surface area contributed by atoms with Crippen LogP contribution in [0.4, 0.5) is 0 Å². The van der Waals surface area contributed by atoms with E-state index in [9.17, 15) is 9.59 Å². The molecule has 7 nitrogen and oxygen atoms in total. The summed E-state index contributed by atoms with van der Waals surface area (Å²) in [7, 11) is 0. The fourth-order valence-electron chi connectivity index (χ4n) is 3.81. The Morgan fingerprint density at radius 3 is 2.43 bits per heavy atom. The maximum atomic E-state index is 12.7. The summed E-state index contributed by atoms with van der Waals surface area (Å²) < 4.78 is 4.95. The van der Waals surface area contributed by atoms with E-state index in [0.29, 0.717) is 24.5 Å². The van der Waals surface area contributed by atoms with Crippen LogP contribution < -0.4 is 0 Å². The lowest BCUT2D eigenvalue weighted by Crippen LogP contribution is -2.59. The van der Waals surface area contributed by atoms with E-state index in [-0.39, 0.29) is 17.7 Å². The normalized spacial score (nSPS) is 18.2. The van der Waals surface area contributed by atoms with Gasteiger partial charge in [-0.3, -0.25) is 14.5 Å². The van der Waals surface area contributed by atoms with Gasteiger partial charge in [-0.2, -0.15) is 0 Å². The molecule has 2 fully saturated rings. The van der Waals surface area contributed by atoms with Crippen molar-refractivity contribution in [3.63, 3.8) is 0 Å². The monoisotopic (exact) mass is 382 g/mol. The summed E-state index contributed by atoms with van der Waals surface area (Å²) in [6, 6.07) is 12.1.